The molecule has 0 spiro atoms. The lowest BCUT2D eigenvalue weighted by molar-refractivity contribution is 0.839. The zero-order chi connectivity index (χ0) is 8.39. The van der Waals surface area contributed by atoms with Crippen LogP contribution in [0.3, 0.4) is 0 Å². The Balaban J connectivity index is 2.45. The summed E-state index contributed by atoms with van der Waals surface area (Å²) in [6.07, 6.45) is 6.72. The molecule has 4 nitrogen and oxygen atoms in total. The van der Waals surface area contributed by atoms with Gasteiger partial charge in [0.2, 0.25) is 0 Å². The molecule has 5 heteroatoms. The minimum Gasteiger partial charge on any atom is -0.245 e. The summed E-state index contributed by atoms with van der Waals surface area (Å²) >= 11 is 3.30. The van der Waals surface area contributed by atoms with Crippen molar-refractivity contribution in [1.29, 1.82) is 0 Å². The summed E-state index contributed by atoms with van der Waals surface area (Å²) in [5.74, 6) is 0.760. The molecule has 2 aromatic heterocycles. The van der Waals surface area contributed by atoms with E-state index in [9.17, 15) is 0 Å². The summed E-state index contributed by atoms with van der Waals surface area (Å²) in [6.45, 7) is 0. The highest BCUT2D eigenvalue weighted by atomic mass is 79.9. The number of rotatable bonds is 1. The number of halogens is 1. The van der Waals surface area contributed by atoms with E-state index in [0.29, 0.717) is 0 Å². The monoisotopic (exact) mass is 224 g/mol. The molecule has 0 saturated carbocycles. The van der Waals surface area contributed by atoms with E-state index in [1.807, 2.05) is 6.20 Å². The second-order valence-electron chi connectivity index (χ2n) is 2.17. The van der Waals surface area contributed by atoms with Gasteiger partial charge >= 0.3 is 0 Å². The lowest BCUT2D eigenvalue weighted by Crippen LogP contribution is -1.96. The topological polar surface area (TPSA) is 43.6 Å². The van der Waals surface area contributed by atoms with Crippen molar-refractivity contribution in [2.24, 2.45) is 0 Å². The third kappa shape index (κ3) is 1.35. The molecule has 0 amide bonds. The van der Waals surface area contributed by atoms with E-state index in [1.54, 1.807) is 23.1 Å². The van der Waals surface area contributed by atoms with Crippen molar-refractivity contribution in [3.63, 3.8) is 0 Å². The Morgan fingerprint density at radius 3 is 2.92 bits per heavy atom. The highest BCUT2D eigenvalue weighted by Crippen LogP contribution is 2.09. The second kappa shape index (κ2) is 3.02. The Bertz CT molecular complexity index is 370. The van der Waals surface area contributed by atoms with Gasteiger partial charge in [0, 0.05) is 18.5 Å². The van der Waals surface area contributed by atoms with E-state index >= 15 is 0 Å². The minimum atomic E-state index is 0.760. The van der Waals surface area contributed by atoms with E-state index in [0.717, 1.165) is 10.3 Å². The molecule has 60 valence electrons. The first-order chi connectivity index (χ1) is 5.86. The molecule has 0 bridgehead atoms. The fraction of sp³-hybridized carbons (Fsp3) is 0. The summed E-state index contributed by atoms with van der Waals surface area (Å²) in [5.41, 5.74) is 0. The van der Waals surface area contributed by atoms with Crippen LogP contribution in [0.5, 0.6) is 0 Å². The van der Waals surface area contributed by atoms with Gasteiger partial charge in [0.1, 0.15) is 6.33 Å². The average molecular weight is 225 g/mol. The van der Waals surface area contributed by atoms with Crippen LogP contribution in [0.4, 0.5) is 0 Å². The fourth-order valence-corrected chi connectivity index (χ4v) is 1.13. The Hall–Kier alpha value is -1.23. The Labute approximate surface area is 77.4 Å². The molecule has 0 saturated heterocycles. The van der Waals surface area contributed by atoms with Crippen molar-refractivity contribution in [2.75, 3.05) is 0 Å². The van der Waals surface area contributed by atoms with E-state index in [1.165, 1.54) is 6.33 Å². The van der Waals surface area contributed by atoms with Gasteiger partial charge in [-0.3, -0.25) is 0 Å². The van der Waals surface area contributed by atoms with Crippen molar-refractivity contribution in [1.82, 2.24) is 19.7 Å². The highest BCUT2D eigenvalue weighted by Gasteiger charge is 1.97. The molecule has 0 fully saturated rings. The van der Waals surface area contributed by atoms with E-state index in [-0.39, 0.29) is 0 Å². The highest BCUT2D eigenvalue weighted by molar-refractivity contribution is 9.10. The van der Waals surface area contributed by atoms with Gasteiger partial charge in [-0.05, 0) is 15.9 Å². The Morgan fingerprint density at radius 1 is 1.42 bits per heavy atom. The zero-order valence-corrected chi connectivity index (χ0v) is 7.64. The summed E-state index contributed by atoms with van der Waals surface area (Å²) in [7, 11) is 0. The third-order valence-electron chi connectivity index (χ3n) is 1.35. The number of aromatic nitrogens is 4. The van der Waals surface area contributed by atoms with Crippen LogP contribution in [0.2, 0.25) is 0 Å². The maximum absolute atomic E-state index is 4.07. The second-order valence-corrected chi connectivity index (χ2v) is 3.09. The van der Waals surface area contributed by atoms with Gasteiger partial charge < -0.3 is 0 Å². The zero-order valence-electron chi connectivity index (χ0n) is 6.05. The predicted octanol–water partition coefficient (Wildman–Crippen LogP) is 1.42. The lowest BCUT2D eigenvalue weighted by atomic mass is 10.6. The normalized spacial score (nSPS) is 10.1. The van der Waals surface area contributed by atoms with Crippen LogP contribution in [0.1, 0.15) is 0 Å². The van der Waals surface area contributed by atoms with Crippen molar-refractivity contribution < 1.29 is 0 Å². The molecule has 0 aliphatic rings. The molecule has 0 unspecified atom stereocenters. The molecular formula is C7H5BrN4. The fourth-order valence-electron chi connectivity index (χ4n) is 0.845. The van der Waals surface area contributed by atoms with Crippen LogP contribution in [-0.4, -0.2) is 19.7 Å². The van der Waals surface area contributed by atoms with Gasteiger partial charge in [-0.15, -0.1) is 0 Å². The predicted molar refractivity (Wildman–Crippen MR) is 46.9 cm³/mol. The van der Waals surface area contributed by atoms with Crippen molar-refractivity contribution in [3.05, 3.63) is 35.5 Å². The minimum absolute atomic E-state index is 0.760. The van der Waals surface area contributed by atoms with Crippen molar-refractivity contribution >= 4 is 15.9 Å². The van der Waals surface area contributed by atoms with Crippen molar-refractivity contribution in [3.8, 4) is 5.82 Å². The van der Waals surface area contributed by atoms with Crippen LogP contribution >= 0.6 is 15.9 Å². The summed E-state index contributed by atoms with van der Waals surface area (Å²) < 4.78 is 2.60. The average Bonchev–Trinajstić information content (AvgIpc) is 2.54. The van der Waals surface area contributed by atoms with Gasteiger partial charge in [-0.1, -0.05) is 0 Å². The summed E-state index contributed by atoms with van der Waals surface area (Å²) in [6, 6.07) is 1.79. The van der Waals surface area contributed by atoms with Crippen LogP contribution in [0.25, 0.3) is 5.82 Å². The van der Waals surface area contributed by atoms with Crippen LogP contribution < -0.4 is 0 Å². The Morgan fingerprint density at radius 2 is 2.33 bits per heavy atom. The third-order valence-corrected chi connectivity index (χ3v) is 1.76. The lowest BCUT2D eigenvalue weighted by Gasteiger charge is -1.96. The standard InChI is InChI=1S/C7H5BrN4/c8-6-3-11-12(4-6)7-1-2-9-5-10-7/h1-5H. The van der Waals surface area contributed by atoms with Gasteiger partial charge in [0.15, 0.2) is 5.82 Å². The van der Waals surface area contributed by atoms with Crippen molar-refractivity contribution in [2.45, 2.75) is 0 Å². The van der Waals surface area contributed by atoms with Crippen LogP contribution in [0, 0.1) is 0 Å². The maximum Gasteiger partial charge on any atom is 0.156 e. The van der Waals surface area contributed by atoms with E-state index in [4.69, 9.17) is 0 Å². The molecule has 0 aliphatic heterocycles. The smallest absolute Gasteiger partial charge is 0.156 e. The molecule has 12 heavy (non-hydrogen) atoms. The quantitative estimate of drug-likeness (QED) is 0.737. The molecule has 0 aliphatic carbocycles. The van der Waals surface area contributed by atoms with Gasteiger partial charge in [-0.2, -0.15) is 5.10 Å². The number of hydrogen-bond acceptors (Lipinski definition) is 3. The molecule has 2 rings (SSSR count). The summed E-state index contributed by atoms with van der Waals surface area (Å²) in [4.78, 5) is 7.84. The molecular weight excluding hydrogens is 220 g/mol. The molecule has 2 heterocycles. The van der Waals surface area contributed by atoms with Gasteiger partial charge in [0.25, 0.3) is 0 Å². The Kier molecular flexibility index (Phi) is 1.87. The van der Waals surface area contributed by atoms with Crippen LogP contribution in [0.15, 0.2) is 35.5 Å². The SMILES string of the molecule is Brc1cnn(-c2ccncn2)c1. The number of nitrogens with zero attached hydrogens (tertiary/aromatic N) is 4. The number of hydrogen-bond donors (Lipinski definition) is 0. The molecule has 0 atom stereocenters. The first kappa shape index (κ1) is 7.42. The maximum atomic E-state index is 4.07. The van der Waals surface area contributed by atoms with E-state index in [2.05, 4.69) is 31.0 Å². The molecule has 0 N–H and O–H groups in total. The molecule has 0 aromatic carbocycles. The summed E-state index contributed by atoms with van der Waals surface area (Å²) in [5, 5.41) is 4.07. The molecule has 2 aromatic rings. The molecule has 0 radical (unpaired) electrons. The van der Waals surface area contributed by atoms with Gasteiger partial charge in [-0.25, -0.2) is 14.6 Å². The first-order valence-corrected chi connectivity index (χ1v) is 4.12. The van der Waals surface area contributed by atoms with Crippen LogP contribution in [-0.2, 0) is 0 Å². The van der Waals surface area contributed by atoms with Gasteiger partial charge in [0.05, 0.1) is 10.7 Å². The first-order valence-electron chi connectivity index (χ1n) is 3.33. The largest absolute Gasteiger partial charge is 0.245 e. The van der Waals surface area contributed by atoms with E-state index < -0.39 is 0 Å².